The minimum absolute atomic E-state index is 0.156. The van der Waals surface area contributed by atoms with E-state index >= 15 is 0 Å². The maximum Gasteiger partial charge on any atom is 0.508 e. The van der Waals surface area contributed by atoms with Gasteiger partial charge in [0.25, 0.3) is 0 Å². The molecule has 2 aliphatic heterocycles. The summed E-state index contributed by atoms with van der Waals surface area (Å²) in [6, 6.07) is 0. The Kier molecular flexibility index (Phi) is 19.2. The van der Waals surface area contributed by atoms with Crippen LogP contribution >= 0.6 is 11.8 Å². The predicted molar refractivity (Wildman–Crippen MR) is 149 cm³/mol. The Bertz CT molecular complexity index is 562. The fourth-order valence-corrected chi connectivity index (χ4v) is 5.40. The van der Waals surface area contributed by atoms with Gasteiger partial charge in [0.15, 0.2) is 6.29 Å². The molecule has 2 aliphatic rings. The molecule has 0 radical (unpaired) electrons. The van der Waals surface area contributed by atoms with Gasteiger partial charge in [-0.3, -0.25) is 0 Å². The molecule has 7 heteroatoms. The summed E-state index contributed by atoms with van der Waals surface area (Å²) in [6.45, 7) is 4.49. The Morgan fingerprint density at radius 2 is 1.50 bits per heavy atom. The smallest absolute Gasteiger partial charge is 0.434 e. The van der Waals surface area contributed by atoms with Gasteiger partial charge in [-0.2, -0.15) is 0 Å². The standard InChI is InChI=1S/C29H53NO5S/c1-2-3-4-5-6-7-8-9-10-11-12-13-16-19-28-33-24-27(35-28)25-34-29(31)32-22-18-15-14-17-20-30-21-23-36-26-30/h21,23,27-28H,2-20,22,24-26H2,1H3. The summed E-state index contributed by atoms with van der Waals surface area (Å²) in [6.07, 6.45) is 24.0. The third-order valence-corrected chi connectivity index (χ3v) is 7.71. The molecule has 36 heavy (non-hydrogen) atoms. The van der Waals surface area contributed by atoms with E-state index in [2.05, 4.69) is 23.4 Å². The van der Waals surface area contributed by atoms with Gasteiger partial charge in [0.2, 0.25) is 0 Å². The van der Waals surface area contributed by atoms with Crippen molar-refractivity contribution in [1.82, 2.24) is 4.90 Å². The maximum absolute atomic E-state index is 11.8. The molecule has 0 aromatic rings. The molecule has 2 atom stereocenters. The lowest BCUT2D eigenvalue weighted by Crippen LogP contribution is -2.22. The van der Waals surface area contributed by atoms with E-state index in [4.69, 9.17) is 18.9 Å². The highest BCUT2D eigenvalue weighted by molar-refractivity contribution is 8.02. The van der Waals surface area contributed by atoms with Gasteiger partial charge >= 0.3 is 6.16 Å². The van der Waals surface area contributed by atoms with Crippen LogP contribution in [0.5, 0.6) is 0 Å². The molecule has 0 bridgehead atoms. The lowest BCUT2D eigenvalue weighted by molar-refractivity contribution is -0.0740. The molecule has 0 aromatic heterocycles. The van der Waals surface area contributed by atoms with Gasteiger partial charge in [-0.1, -0.05) is 90.4 Å². The van der Waals surface area contributed by atoms with Crippen molar-refractivity contribution >= 4 is 17.9 Å². The van der Waals surface area contributed by atoms with E-state index in [1.807, 2.05) is 11.8 Å². The first-order chi connectivity index (χ1) is 17.8. The van der Waals surface area contributed by atoms with Gasteiger partial charge in [0.1, 0.15) is 12.7 Å². The summed E-state index contributed by atoms with van der Waals surface area (Å²) in [5.74, 6) is 1.07. The molecule has 0 saturated carbocycles. The normalized spacial score (nSPS) is 19.3. The second-order valence-corrected chi connectivity index (χ2v) is 11.1. The highest BCUT2D eigenvalue weighted by atomic mass is 32.2. The van der Waals surface area contributed by atoms with E-state index in [9.17, 15) is 4.79 Å². The van der Waals surface area contributed by atoms with Gasteiger partial charge in [-0.15, -0.1) is 11.8 Å². The Morgan fingerprint density at radius 3 is 2.17 bits per heavy atom. The molecule has 1 saturated heterocycles. The van der Waals surface area contributed by atoms with Crippen molar-refractivity contribution in [2.24, 2.45) is 0 Å². The minimum Gasteiger partial charge on any atom is -0.434 e. The fourth-order valence-electron chi connectivity index (χ4n) is 4.65. The first-order valence-electron chi connectivity index (χ1n) is 14.9. The zero-order valence-electron chi connectivity index (χ0n) is 23.0. The molecule has 0 amide bonds. The van der Waals surface area contributed by atoms with Gasteiger partial charge in [-0.05, 0) is 37.5 Å². The van der Waals surface area contributed by atoms with Crippen molar-refractivity contribution in [2.45, 2.75) is 135 Å². The Labute approximate surface area is 225 Å². The third-order valence-electron chi connectivity index (χ3n) is 6.91. The Hall–Kier alpha value is -0.920. The van der Waals surface area contributed by atoms with Crippen molar-refractivity contribution in [3.8, 4) is 0 Å². The Balaban J connectivity index is 1.30. The summed E-state index contributed by atoms with van der Waals surface area (Å²) in [5.41, 5.74) is 0. The molecule has 2 unspecified atom stereocenters. The largest absolute Gasteiger partial charge is 0.508 e. The number of hydrogen-bond acceptors (Lipinski definition) is 7. The first kappa shape index (κ1) is 31.3. The van der Waals surface area contributed by atoms with Crippen molar-refractivity contribution in [3.63, 3.8) is 0 Å². The topological polar surface area (TPSA) is 57.2 Å². The second kappa shape index (κ2) is 22.1. The lowest BCUT2D eigenvalue weighted by Gasteiger charge is -2.14. The van der Waals surface area contributed by atoms with Crippen molar-refractivity contribution in [2.75, 3.05) is 32.2 Å². The van der Waals surface area contributed by atoms with E-state index in [1.165, 1.54) is 83.5 Å². The van der Waals surface area contributed by atoms with Crippen molar-refractivity contribution in [1.29, 1.82) is 0 Å². The highest BCUT2D eigenvalue weighted by Gasteiger charge is 2.26. The summed E-state index contributed by atoms with van der Waals surface area (Å²) in [5, 5.41) is 2.14. The summed E-state index contributed by atoms with van der Waals surface area (Å²) in [4.78, 5) is 14.1. The van der Waals surface area contributed by atoms with E-state index in [1.54, 1.807) is 0 Å². The zero-order valence-corrected chi connectivity index (χ0v) is 23.8. The summed E-state index contributed by atoms with van der Waals surface area (Å²) >= 11 is 1.84. The molecular weight excluding hydrogens is 474 g/mol. The molecular formula is C29H53NO5S. The molecule has 2 heterocycles. The maximum atomic E-state index is 11.8. The van der Waals surface area contributed by atoms with Crippen LogP contribution in [-0.2, 0) is 18.9 Å². The van der Waals surface area contributed by atoms with Crippen LogP contribution in [0.25, 0.3) is 0 Å². The van der Waals surface area contributed by atoms with Gasteiger partial charge < -0.3 is 23.8 Å². The van der Waals surface area contributed by atoms with E-state index in [0.717, 1.165) is 44.5 Å². The fraction of sp³-hybridized carbons (Fsp3) is 0.897. The number of unbranched alkanes of at least 4 members (excludes halogenated alkanes) is 15. The van der Waals surface area contributed by atoms with Crippen LogP contribution in [0.3, 0.4) is 0 Å². The SMILES string of the molecule is CCCCCCCCCCCCCCCC1OCC(COC(=O)OCCCCCCN2C=CSC2)O1. The highest BCUT2D eigenvalue weighted by Crippen LogP contribution is 2.19. The summed E-state index contributed by atoms with van der Waals surface area (Å²) < 4.78 is 22.0. The third kappa shape index (κ3) is 16.8. The first-order valence-corrected chi connectivity index (χ1v) is 15.9. The average molecular weight is 528 g/mol. The van der Waals surface area contributed by atoms with Gasteiger partial charge in [0.05, 0.1) is 19.1 Å². The average Bonchev–Trinajstić information content (AvgIpc) is 3.57. The number of nitrogens with zero attached hydrogens (tertiary/aromatic N) is 1. The molecule has 2 rings (SSSR count). The molecule has 0 aromatic carbocycles. The predicted octanol–water partition coefficient (Wildman–Crippen LogP) is 8.40. The van der Waals surface area contributed by atoms with Crippen LogP contribution in [-0.4, -0.2) is 55.7 Å². The van der Waals surface area contributed by atoms with Crippen molar-refractivity contribution in [3.05, 3.63) is 11.6 Å². The second-order valence-electron chi connectivity index (χ2n) is 10.3. The molecule has 0 aliphatic carbocycles. The van der Waals surface area contributed by atoms with Crippen LogP contribution < -0.4 is 0 Å². The van der Waals surface area contributed by atoms with Crippen molar-refractivity contribution < 1.29 is 23.7 Å². The number of hydrogen-bond donors (Lipinski definition) is 0. The van der Waals surface area contributed by atoms with Crippen LogP contribution in [0.15, 0.2) is 11.6 Å². The molecule has 0 N–H and O–H groups in total. The summed E-state index contributed by atoms with van der Waals surface area (Å²) in [7, 11) is 0. The lowest BCUT2D eigenvalue weighted by atomic mass is 10.0. The van der Waals surface area contributed by atoms with E-state index in [0.29, 0.717) is 13.2 Å². The number of thioether (sulfide) groups is 1. The van der Waals surface area contributed by atoms with E-state index < -0.39 is 6.16 Å². The zero-order chi connectivity index (χ0) is 25.5. The van der Waals surface area contributed by atoms with Crippen LogP contribution in [0.2, 0.25) is 0 Å². The van der Waals surface area contributed by atoms with Gasteiger partial charge in [-0.25, -0.2) is 4.79 Å². The number of rotatable bonds is 23. The Morgan fingerprint density at radius 1 is 0.861 bits per heavy atom. The number of carbonyl (C=O) groups is 1. The van der Waals surface area contributed by atoms with Crippen LogP contribution in [0.1, 0.15) is 122 Å². The molecule has 6 nitrogen and oxygen atoms in total. The van der Waals surface area contributed by atoms with Gasteiger partial charge in [0, 0.05) is 12.7 Å². The van der Waals surface area contributed by atoms with Crippen LogP contribution in [0.4, 0.5) is 4.79 Å². The number of carbonyl (C=O) groups excluding carboxylic acids is 1. The van der Waals surface area contributed by atoms with E-state index in [-0.39, 0.29) is 19.0 Å². The molecule has 1 fully saturated rings. The number of ether oxygens (including phenoxy) is 4. The van der Waals surface area contributed by atoms with Crippen LogP contribution in [0, 0.1) is 0 Å². The monoisotopic (exact) mass is 527 g/mol. The minimum atomic E-state index is -0.599. The molecule has 210 valence electrons. The molecule has 0 spiro atoms. The quantitative estimate of drug-likeness (QED) is 0.0976.